The molecule has 4 rings (SSSR count). The highest BCUT2D eigenvalue weighted by molar-refractivity contribution is 7.89. The van der Waals surface area contributed by atoms with Gasteiger partial charge in [-0.25, -0.2) is 13.6 Å². The topological polar surface area (TPSA) is 114 Å². The second-order valence-corrected chi connectivity index (χ2v) is 8.48. The molecule has 10 heteroatoms. The maximum atomic E-state index is 12.4. The normalized spacial score (nSPS) is 16.7. The van der Waals surface area contributed by atoms with Crippen LogP contribution in [-0.2, 0) is 14.8 Å². The number of amides is 1. The van der Waals surface area contributed by atoms with Gasteiger partial charge in [0.25, 0.3) is 0 Å². The zero-order valence-electron chi connectivity index (χ0n) is 15.7. The molecule has 2 aliphatic heterocycles. The number of piperazine rings is 1. The Labute approximate surface area is 169 Å². The number of ether oxygens (including phenoxy) is 2. The van der Waals surface area contributed by atoms with Crippen molar-refractivity contribution in [1.29, 1.82) is 0 Å². The van der Waals surface area contributed by atoms with Crippen molar-refractivity contribution in [1.82, 2.24) is 4.90 Å². The standard InChI is InChI=1S/C19H22N4O5S/c20-29(25,26)16-4-2-15(3-5-16)23-9-7-22(8-10-23)12-19(24)21-14-1-6-17-18(11-14)28-13-27-17/h1-6,11H,7-10,12-13H2,(H,21,24)(H2,20,25,26). The van der Waals surface area contributed by atoms with Crippen LogP contribution in [0.1, 0.15) is 0 Å². The summed E-state index contributed by atoms with van der Waals surface area (Å²) in [6.07, 6.45) is 0. The average molecular weight is 418 g/mol. The summed E-state index contributed by atoms with van der Waals surface area (Å²) < 4.78 is 33.3. The van der Waals surface area contributed by atoms with E-state index in [0.717, 1.165) is 31.9 Å². The summed E-state index contributed by atoms with van der Waals surface area (Å²) in [6.45, 7) is 3.43. The Morgan fingerprint density at radius 2 is 1.69 bits per heavy atom. The molecule has 2 aliphatic rings. The van der Waals surface area contributed by atoms with Gasteiger partial charge in [-0.2, -0.15) is 0 Å². The lowest BCUT2D eigenvalue weighted by molar-refractivity contribution is -0.117. The molecule has 3 N–H and O–H groups in total. The number of nitrogens with two attached hydrogens (primary N) is 1. The molecule has 0 atom stereocenters. The zero-order valence-corrected chi connectivity index (χ0v) is 16.5. The fourth-order valence-corrected chi connectivity index (χ4v) is 3.90. The number of sulfonamides is 1. The van der Waals surface area contributed by atoms with Crippen LogP contribution in [0.25, 0.3) is 0 Å². The summed E-state index contributed by atoms with van der Waals surface area (Å²) in [4.78, 5) is 16.7. The van der Waals surface area contributed by atoms with Gasteiger partial charge in [-0.15, -0.1) is 0 Å². The number of rotatable bonds is 5. The Balaban J connectivity index is 1.28. The average Bonchev–Trinajstić information content (AvgIpc) is 3.16. The van der Waals surface area contributed by atoms with Crippen LogP contribution in [0.4, 0.5) is 11.4 Å². The largest absolute Gasteiger partial charge is 0.454 e. The number of anilines is 2. The lowest BCUT2D eigenvalue weighted by atomic mass is 10.2. The summed E-state index contributed by atoms with van der Waals surface area (Å²) in [6, 6.07) is 11.8. The number of hydrogen-bond acceptors (Lipinski definition) is 7. The summed E-state index contributed by atoms with van der Waals surface area (Å²) >= 11 is 0. The van der Waals surface area contributed by atoms with Crippen molar-refractivity contribution in [3.8, 4) is 11.5 Å². The van der Waals surface area contributed by atoms with E-state index in [9.17, 15) is 13.2 Å². The third kappa shape index (κ3) is 4.61. The maximum Gasteiger partial charge on any atom is 0.238 e. The fourth-order valence-electron chi connectivity index (χ4n) is 3.39. The lowest BCUT2D eigenvalue weighted by Crippen LogP contribution is -2.48. The SMILES string of the molecule is NS(=O)(=O)c1ccc(N2CCN(CC(=O)Nc3ccc4c(c3)OCO4)CC2)cc1. The minimum absolute atomic E-state index is 0.0881. The van der Waals surface area contributed by atoms with E-state index in [-0.39, 0.29) is 17.6 Å². The second-order valence-electron chi connectivity index (χ2n) is 6.92. The predicted molar refractivity (Wildman–Crippen MR) is 108 cm³/mol. The van der Waals surface area contributed by atoms with Crippen molar-refractivity contribution < 1.29 is 22.7 Å². The van der Waals surface area contributed by atoms with Crippen molar-refractivity contribution >= 4 is 27.3 Å². The van der Waals surface area contributed by atoms with Crippen LogP contribution < -0.4 is 24.8 Å². The van der Waals surface area contributed by atoms with Crippen molar-refractivity contribution in [2.75, 3.05) is 49.7 Å². The minimum Gasteiger partial charge on any atom is -0.454 e. The van der Waals surface area contributed by atoms with Crippen LogP contribution in [0.15, 0.2) is 47.4 Å². The number of carbonyl (C=O) groups is 1. The first-order valence-corrected chi connectivity index (χ1v) is 10.7. The van der Waals surface area contributed by atoms with Gasteiger partial charge < -0.3 is 19.7 Å². The molecule has 0 aliphatic carbocycles. The summed E-state index contributed by atoms with van der Waals surface area (Å²) in [7, 11) is -3.69. The fraction of sp³-hybridized carbons (Fsp3) is 0.316. The Kier molecular flexibility index (Phi) is 5.31. The van der Waals surface area contributed by atoms with E-state index < -0.39 is 10.0 Å². The number of carbonyl (C=O) groups excluding carboxylic acids is 1. The van der Waals surface area contributed by atoms with E-state index in [1.165, 1.54) is 12.1 Å². The molecule has 0 radical (unpaired) electrons. The van der Waals surface area contributed by atoms with Crippen molar-refractivity contribution in [2.45, 2.75) is 4.90 Å². The molecule has 0 saturated carbocycles. The molecular formula is C19H22N4O5S. The molecule has 0 unspecified atom stereocenters. The minimum atomic E-state index is -3.69. The van der Waals surface area contributed by atoms with Crippen LogP contribution in [0, 0.1) is 0 Å². The van der Waals surface area contributed by atoms with Crippen molar-refractivity contribution in [3.63, 3.8) is 0 Å². The molecule has 9 nitrogen and oxygen atoms in total. The van der Waals surface area contributed by atoms with Gasteiger partial charge in [-0.3, -0.25) is 9.69 Å². The molecular weight excluding hydrogens is 396 g/mol. The molecule has 2 heterocycles. The van der Waals surface area contributed by atoms with Crippen LogP contribution in [0.5, 0.6) is 11.5 Å². The van der Waals surface area contributed by atoms with E-state index in [1.54, 1.807) is 30.3 Å². The first-order chi connectivity index (χ1) is 13.9. The van der Waals surface area contributed by atoms with Crippen molar-refractivity contribution in [3.05, 3.63) is 42.5 Å². The smallest absolute Gasteiger partial charge is 0.238 e. The Hall–Kier alpha value is -2.82. The monoisotopic (exact) mass is 418 g/mol. The summed E-state index contributed by atoms with van der Waals surface area (Å²) in [5.41, 5.74) is 1.61. The van der Waals surface area contributed by atoms with Crippen LogP contribution >= 0.6 is 0 Å². The number of fused-ring (bicyclic) bond motifs is 1. The number of hydrogen-bond donors (Lipinski definition) is 2. The van der Waals surface area contributed by atoms with Crippen LogP contribution in [0.2, 0.25) is 0 Å². The predicted octanol–water partition coefficient (Wildman–Crippen LogP) is 0.823. The number of nitrogens with one attached hydrogen (secondary N) is 1. The number of nitrogens with zero attached hydrogens (tertiary/aromatic N) is 2. The Morgan fingerprint density at radius 1 is 1.00 bits per heavy atom. The van der Waals surface area contributed by atoms with Gasteiger partial charge >= 0.3 is 0 Å². The third-order valence-electron chi connectivity index (χ3n) is 4.93. The molecule has 154 valence electrons. The second kappa shape index (κ2) is 7.90. The van der Waals surface area contributed by atoms with E-state index in [4.69, 9.17) is 14.6 Å². The van der Waals surface area contributed by atoms with E-state index in [1.807, 2.05) is 0 Å². The van der Waals surface area contributed by atoms with Crippen LogP contribution in [0.3, 0.4) is 0 Å². The first kappa shape index (κ1) is 19.5. The molecule has 1 amide bonds. The quantitative estimate of drug-likeness (QED) is 0.739. The summed E-state index contributed by atoms with van der Waals surface area (Å²) in [5.74, 6) is 1.22. The van der Waals surface area contributed by atoms with Gasteiger partial charge in [0.2, 0.25) is 22.7 Å². The zero-order chi connectivity index (χ0) is 20.4. The Morgan fingerprint density at radius 3 is 2.38 bits per heavy atom. The third-order valence-corrected chi connectivity index (χ3v) is 5.86. The highest BCUT2D eigenvalue weighted by Gasteiger charge is 2.20. The molecule has 29 heavy (non-hydrogen) atoms. The highest BCUT2D eigenvalue weighted by Crippen LogP contribution is 2.34. The van der Waals surface area contributed by atoms with E-state index >= 15 is 0 Å². The van der Waals surface area contributed by atoms with Crippen LogP contribution in [-0.4, -0.2) is 58.7 Å². The van der Waals surface area contributed by atoms with Gasteiger partial charge in [0.05, 0.1) is 11.4 Å². The van der Waals surface area contributed by atoms with Crippen molar-refractivity contribution in [2.24, 2.45) is 5.14 Å². The van der Waals surface area contributed by atoms with E-state index in [0.29, 0.717) is 23.7 Å². The Bertz CT molecular complexity index is 1000. The van der Waals surface area contributed by atoms with Gasteiger partial charge in [0, 0.05) is 43.6 Å². The number of benzene rings is 2. The molecule has 1 saturated heterocycles. The highest BCUT2D eigenvalue weighted by atomic mass is 32.2. The molecule has 0 aromatic heterocycles. The van der Waals surface area contributed by atoms with Gasteiger partial charge in [-0.05, 0) is 36.4 Å². The van der Waals surface area contributed by atoms with Gasteiger partial charge in [0.1, 0.15) is 0 Å². The number of primary sulfonamides is 1. The van der Waals surface area contributed by atoms with E-state index in [2.05, 4.69) is 15.1 Å². The molecule has 0 bridgehead atoms. The maximum absolute atomic E-state index is 12.4. The van der Waals surface area contributed by atoms with Gasteiger partial charge in [0.15, 0.2) is 11.5 Å². The first-order valence-electron chi connectivity index (χ1n) is 9.18. The molecule has 1 fully saturated rings. The molecule has 2 aromatic rings. The molecule has 0 spiro atoms. The summed E-state index contributed by atoms with van der Waals surface area (Å²) in [5, 5.41) is 8.02. The molecule has 2 aromatic carbocycles. The van der Waals surface area contributed by atoms with Gasteiger partial charge in [-0.1, -0.05) is 0 Å². The lowest BCUT2D eigenvalue weighted by Gasteiger charge is -2.35.